The van der Waals surface area contributed by atoms with Crippen LogP contribution in [0.1, 0.15) is 28.6 Å². The molecule has 0 saturated carbocycles. The highest BCUT2D eigenvalue weighted by atomic mass is 32.2. The fourth-order valence-electron chi connectivity index (χ4n) is 3.12. The Morgan fingerprint density at radius 3 is 2.59 bits per heavy atom. The first-order chi connectivity index (χ1) is 13.0. The van der Waals surface area contributed by atoms with E-state index in [0.717, 1.165) is 22.6 Å². The molecule has 0 saturated heterocycles. The number of anilines is 1. The first-order valence-electron chi connectivity index (χ1n) is 8.80. The van der Waals surface area contributed by atoms with E-state index in [-0.39, 0.29) is 17.2 Å². The summed E-state index contributed by atoms with van der Waals surface area (Å²) >= 11 is 1.43. The van der Waals surface area contributed by atoms with E-state index in [1.807, 2.05) is 42.8 Å². The maximum absolute atomic E-state index is 13.1. The van der Waals surface area contributed by atoms with Gasteiger partial charge in [0.25, 0.3) is 0 Å². The van der Waals surface area contributed by atoms with Gasteiger partial charge in [0, 0.05) is 5.69 Å². The van der Waals surface area contributed by atoms with Crippen LogP contribution in [0.3, 0.4) is 0 Å². The Morgan fingerprint density at radius 2 is 1.85 bits per heavy atom. The molecule has 1 amide bonds. The van der Waals surface area contributed by atoms with Crippen molar-refractivity contribution < 1.29 is 4.79 Å². The van der Waals surface area contributed by atoms with Crippen molar-refractivity contribution in [2.75, 3.05) is 10.7 Å². The maximum Gasteiger partial charge on any atom is 0.240 e. The Morgan fingerprint density at radius 1 is 1.07 bits per heavy atom. The molecule has 2 N–H and O–H groups in total. The lowest BCUT2D eigenvalue weighted by molar-refractivity contribution is -0.116. The van der Waals surface area contributed by atoms with E-state index in [9.17, 15) is 4.79 Å². The van der Waals surface area contributed by atoms with E-state index in [0.29, 0.717) is 5.16 Å². The van der Waals surface area contributed by atoms with Crippen molar-refractivity contribution in [2.45, 2.75) is 37.2 Å². The van der Waals surface area contributed by atoms with Gasteiger partial charge in [-0.25, -0.2) is 4.68 Å². The Hall–Kier alpha value is -2.80. The molecule has 0 fully saturated rings. The summed E-state index contributed by atoms with van der Waals surface area (Å²) in [6, 6.07) is 15.9. The van der Waals surface area contributed by atoms with Crippen molar-refractivity contribution in [3.63, 3.8) is 0 Å². The predicted octanol–water partition coefficient (Wildman–Crippen LogP) is 3.60. The summed E-state index contributed by atoms with van der Waals surface area (Å²) in [6.45, 7) is 5.95. The van der Waals surface area contributed by atoms with Gasteiger partial charge in [0.2, 0.25) is 11.1 Å². The van der Waals surface area contributed by atoms with Crippen molar-refractivity contribution >= 4 is 23.4 Å². The lowest BCUT2D eigenvalue weighted by atomic mass is 10.0. The molecule has 2 unspecified atom stereocenters. The average Bonchev–Trinajstić information content (AvgIpc) is 3.02. The number of benzene rings is 2. The largest absolute Gasteiger partial charge is 0.325 e. The molecule has 6 nitrogen and oxygen atoms in total. The standard InChI is InChI=1S/C20H21N5OS/c1-12-7-9-15(10-8-12)17-18(27-20-23-22-14(3)25(20)24-17)19(26)21-16-6-4-5-13(2)11-16/h4-11,17-18,24H,1-3H3,(H,21,26). The van der Waals surface area contributed by atoms with Crippen LogP contribution in [0.4, 0.5) is 5.69 Å². The fourth-order valence-corrected chi connectivity index (χ4v) is 4.25. The van der Waals surface area contributed by atoms with E-state index in [1.54, 1.807) is 0 Å². The van der Waals surface area contributed by atoms with Gasteiger partial charge in [-0.3, -0.25) is 4.79 Å². The van der Waals surface area contributed by atoms with Crippen LogP contribution in [-0.2, 0) is 4.79 Å². The lowest BCUT2D eigenvalue weighted by Crippen LogP contribution is -2.41. The molecular weight excluding hydrogens is 358 g/mol. The Bertz CT molecular complexity index is 982. The molecular formula is C20H21N5OS. The van der Waals surface area contributed by atoms with E-state index < -0.39 is 0 Å². The van der Waals surface area contributed by atoms with Crippen LogP contribution >= 0.6 is 11.8 Å². The van der Waals surface area contributed by atoms with Crippen LogP contribution in [-0.4, -0.2) is 26.0 Å². The third-order valence-corrected chi connectivity index (χ3v) is 5.79. The van der Waals surface area contributed by atoms with Gasteiger partial charge in [0.05, 0.1) is 6.04 Å². The topological polar surface area (TPSA) is 71.8 Å². The molecule has 2 heterocycles. The van der Waals surface area contributed by atoms with Crippen molar-refractivity contribution in [3.05, 3.63) is 71.0 Å². The Balaban J connectivity index is 1.66. The second-order valence-corrected chi connectivity index (χ2v) is 7.89. The van der Waals surface area contributed by atoms with Crippen molar-refractivity contribution in [3.8, 4) is 0 Å². The van der Waals surface area contributed by atoms with Crippen LogP contribution in [0, 0.1) is 20.8 Å². The summed E-state index contributed by atoms with van der Waals surface area (Å²) in [7, 11) is 0. The van der Waals surface area contributed by atoms with Crippen LogP contribution in [0.2, 0.25) is 0 Å². The monoisotopic (exact) mass is 379 g/mol. The highest BCUT2D eigenvalue weighted by molar-refractivity contribution is 8.00. The summed E-state index contributed by atoms with van der Waals surface area (Å²) in [4.78, 5) is 13.1. The molecule has 27 heavy (non-hydrogen) atoms. The summed E-state index contributed by atoms with van der Waals surface area (Å²) < 4.78 is 1.85. The van der Waals surface area contributed by atoms with Crippen LogP contribution in [0.5, 0.6) is 0 Å². The number of hydrogen-bond donors (Lipinski definition) is 2. The Kier molecular flexibility index (Phi) is 4.61. The zero-order valence-electron chi connectivity index (χ0n) is 15.4. The molecule has 0 radical (unpaired) electrons. The van der Waals surface area contributed by atoms with Gasteiger partial charge in [-0.1, -0.05) is 53.7 Å². The summed E-state index contributed by atoms with van der Waals surface area (Å²) in [5.74, 6) is 0.711. The van der Waals surface area contributed by atoms with E-state index in [1.165, 1.54) is 17.3 Å². The molecule has 0 aliphatic carbocycles. The van der Waals surface area contributed by atoms with Gasteiger partial charge in [-0.15, -0.1) is 10.2 Å². The van der Waals surface area contributed by atoms with E-state index in [2.05, 4.69) is 52.1 Å². The molecule has 4 rings (SSSR count). The molecule has 0 spiro atoms. The van der Waals surface area contributed by atoms with Crippen LogP contribution in [0.25, 0.3) is 0 Å². The number of carbonyl (C=O) groups excluding carboxylic acids is 1. The zero-order chi connectivity index (χ0) is 19.0. The third kappa shape index (κ3) is 3.55. The number of carbonyl (C=O) groups is 1. The number of fused-ring (bicyclic) bond motifs is 1. The number of nitrogens with zero attached hydrogens (tertiary/aromatic N) is 3. The molecule has 1 aromatic heterocycles. The number of nitrogens with one attached hydrogen (secondary N) is 2. The van der Waals surface area contributed by atoms with Gasteiger partial charge < -0.3 is 10.7 Å². The van der Waals surface area contributed by atoms with E-state index >= 15 is 0 Å². The van der Waals surface area contributed by atoms with Gasteiger partial charge in [0.15, 0.2) is 0 Å². The van der Waals surface area contributed by atoms with Crippen LogP contribution < -0.4 is 10.7 Å². The number of rotatable bonds is 3. The van der Waals surface area contributed by atoms with Crippen molar-refractivity contribution in [1.29, 1.82) is 0 Å². The molecule has 3 aromatic rings. The van der Waals surface area contributed by atoms with Gasteiger partial charge >= 0.3 is 0 Å². The molecule has 2 atom stereocenters. The first kappa shape index (κ1) is 17.6. The minimum Gasteiger partial charge on any atom is -0.325 e. The van der Waals surface area contributed by atoms with Crippen molar-refractivity contribution in [1.82, 2.24) is 14.9 Å². The molecule has 0 bridgehead atoms. The second-order valence-electron chi connectivity index (χ2n) is 6.78. The number of amides is 1. The lowest BCUT2D eigenvalue weighted by Gasteiger charge is -2.32. The fraction of sp³-hybridized carbons (Fsp3) is 0.250. The smallest absolute Gasteiger partial charge is 0.240 e. The third-order valence-electron chi connectivity index (χ3n) is 4.58. The summed E-state index contributed by atoms with van der Waals surface area (Å²) in [5.41, 5.74) is 7.56. The molecule has 1 aliphatic rings. The minimum atomic E-state index is -0.371. The number of aryl methyl sites for hydroxylation is 3. The number of aromatic nitrogens is 3. The second kappa shape index (κ2) is 7.08. The summed E-state index contributed by atoms with van der Waals surface area (Å²) in [6.07, 6.45) is 0. The quantitative estimate of drug-likeness (QED) is 0.727. The maximum atomic E-state index is 13.1. The molecule has 7 heteroatoms. The normalized spacial score (nSPS) is 18.5. The van der Waals surface area contributed by atoms with Gasteiger partial charge in [-0.05, 0) is 44.0 Å². The van der Waals surface area contributed by atoms with Crippen LogP contribution in [0.15, 0.2) is 53.7 Å². The highest BCUT2D eigenvalue weighted by Gasteiger charge is 2.37. The first-order valence-corrected chi connectivity index (χ1v) is 9.68. The predicted molar refractivity (Wildman–Crippen MR) is 107 cm³/mol. The van der Waals surface area contributed by atoms with Crippen molar-refractivity contribution in [2.24, 2.45) is 0 Å². The highest BCUT2D eigenvalue weighted by Crippen LogP contribution is 2.37. The number of thioether (sulfide) groups is 1. The van der Waals surface area contributed by atoms with Gasteiger partial charge in [-0.2, -0.15) is 0 Å². The van der Waals surface area contributed by atoms with E-state index in [4.69, 9.17) is 0 Å². The molecule has 138 valence electrons. The summed E-state index contributed by atoms with van der Waals surface area (Å²) in [5, 5.41) is 11.7. The minimum absolute atomic E-state index is 0.0596. The number of hydrogen-bond acceptors (Lipinski definition) is 5. The SMILES string of the molecule is Cc1ccc(C2Nn3c(C)nnc3SC2C(=O)Nc2cccc(C)c2)cc1. The Labute approximate surface area is 162 Å². The zero-order valence-corrected chi connectivity index (χ0v) is 16.2. The van der Waals surface area contributed by atoms with Gasteiger partial charge in [0.1, 0.15) is 11.1 Å². The molecule has 2 aromatic carbocycles. The molecule has 1 aliphatic heterocycles. The average molecular weight is 379 g/mol.